The smallest absolute Gasteiger partial charge is 0.236 e. The van der Waals surface area contributed by atoms with Gasteiger partial charge in [0.25, 0.3) is 0 Å². The predicted molar refractivity (Wildman–Crippen MR) is 80.6 cm³/mol. The molecule has 0 saturated carbocycles. The lowest BCUT2D eigenvalue weighted by Gasteiger charge is -2.28. The molecule has 9 heteroatoms. The van der Waals surface area contributed by atoms with E-state index in [0.29, 0.717) is 43.0 Å². The number of rotatable bonds is 4. The molecular weight excluding hydrogens is 306 g/mol. The monoisotopic (exact) mass is 323 g/mol. The van der Waals surface area contributed by atoms with E-state index in [0.717, 1.165) is 0 Å². The first-order valence-electron chi connectivity index (χ1n) is 6.94. The van der Waals surface area contributed by atoms with Crippen LogP contribution in [0.2, 0.25) is 0 Å². The van der Waals surface area contributed by atoms with Crippen LogP contribution in [0, 0.1) is 0 Å². The highest BCUT2D eigenvalue weighted by Gasteiger charge is 2.25. The van der Waals surface area contributed by atoms with E-state index >= 15 is 0 Å². The second-order valence-corrected chi connectivity index (χ2v) is 6.16. The number of hydrogen-bond acceptors (Lipinski definition) is 7. The van der Waals surface area contributed by atoms with Crippen LogP contribution in [0.5, 0.6) is 0 Å². The van der Waals surface area contributed by atoms with Gasteiger partial charge in [-0.15, -0.1) is 10.2 Å². The molecule has 3 rings (SSSR count). The number of amides is 1. The summed E-state index contributed by atoms with van der Waals surface area (Å²) in [5.74, 6) is 7.00. The number of carbonyl (C=O) groups excluding carboxylic acids is 1. The van der Waals surface area contributed by atoms with Crippen molar-refractivity contribution in [2.75, 3.05) is 32.1 Å². The number of morpholine rings is 1. The maximum absolute atomic E-state index is 12.4. The van der Waals surface area contributed by atoms with E-state index in [9.17, 15) is 4.79 Å². The highest BCUT2D eigenvalue weighted by atomic mass is 32.2. The Balaban J connectivity index is 1.69. The van der Waals surface area contributed by atoms with Gasteiger partial charge in [-0.25, -0.2) is 4.68 Å². The standard InChI is InChI=1S/C13H17N5O3S/c1-9(12(19)17-4-7-20-8-5-17)22-13-16-15-11(18(13)14)10-3-2-6-21-10/h2-3,6,9H,4-5,7-8,14H2,1H3. The first-order chi connectivity index (χ1) is 10.7. The molecule has 3 heterocycles. The summed E-state index contributed by atoms with van der Waals surface area (Å²) in [5.41, 5.74) is 0. The average molecular weight is 323 g/mol. The Hall–Kier alpha value is -2.00. The van der Waals surface area contributed by atoms with Crippen molar-refractivity contribution >= 4 is 17.7 Å². The number of nitrogen functional groups attached to an aromatic ring is 1. The lowest BCUT2D eigenvalue weighted by Crippen LogP contribution is -2.44. The summed E-state index contributed by atoms with van der Waals surface area (Å²) < 4.78 is 11.9. The van der Waals surface area contributed by atoms with Crippen LogP contribution in [0.4, 0.5) is 0 Å². The summed E-state index contributed by atoms with van der Waals surface area (Å²) in [6.45, 7) is 4.24. The van der Waals surface area contributed by atoms with Gasteiger partial charge in [0.15, 0.2) is 5.76 Å². The van der Waals surface area contributed by atoms with E-state index in [1.165, 1.54) is 16.4 Å². The minimum atomic E-state index is -0.297. The molecule has 2 aromatic heterocycles. The fourth-order valence-electron chi connectivity index (χ4n) is 2.18. The van der Waals surface area contributed by atoms with Gasteiger partial charge in [-0.3, -0.25) is 4.79 Å². The molecule has 22 heavy (non-hydrogen) atoms. The Bertz CT molecular complexity index is 636. The van der Waals surface area contributed by atoms with E-state index in [-0.39, 0.29) is 11.2 Å². The molecule has 1 amide bonds. The van der Waals surface area contributed by atoms with Crippen molar-refractivity contribution in [3.63, 3.8) is 0 Å². The molecule has 1 fully saturated rings. The fourth-order valence-corrected chi connectivity index (χ4v) is 3.03. The molecule has 1 aliphatic rings. The summed E-state index contributed by atoms with van der Waals surface area (Å²) in [7, 11) is 0. The van der Waals surface area contributed by atoms with Gasteiger partial charge >= 0.3 is 0 Å². The summed E-state index contributed by atoms with van der Waals surface area (Å²) in [6, 6.07) is 3.51. The molecule has 1 unspecified atom stereocenters. The van der Waals surface area contributed by atoms with Crippen LogP contribution in [0.15, 0.2) is 28.0 Å². The molecule has 0 radical (unpaired) electrons. The Morgan fingerprint density at radius 2 is 2.18 bits per heavy atom. The molecule has 1 aliphatic heterocycles. The van der Waals surface area contributed by atoms with Gasteiger partial charge in [0.1, 0.15) is 0 Å². The van der Waals surface area contributed by atoms with Crippen LogP contribution in [0.3, 0.4) is 0 Å². The van der Waals surface area contributed by atoms with Gasteiger partial charge in [0.2, 0.25) is 16.9 Å². The van der Waals surface area contributed by atoms with Gasteiger partial charge < -0.3 is 19.9 Å². The second-order valence-electron chi connectivity index (χ2n) is 4.85. The molecule has 1 atom stereocenters. The SMILES string of the molecule is CC(Sc1nnc(-c2ccco2)n1N)C(=O)N1CCOCC1. The highest BCUT2D eigenvalue weighted by molar-refractivity contribution is 8.00. The zero-order valence-corrected chi connectivity index (χ0v) is 13.0. The molecule has 2 N–H and O–H groups in total. The predicted octanol–water partition coefficient (Wildman–Crippen LogP) is 0.591. The van der Waals surface area contributed by atoms with Crippen molar-refractivity contribution in [2.24, 2.45) is 0 Å². The number of thioether (sulfide) groups is 1. The highest BCUT2D eigenvalue weighted by Crippen LogP contribution is 2.25. The third kappa shape index (κ3) is 2.95. The van der Waals surface area contributed by atoms with Gasteiger partial charge in [-0.2, -0.15) is 0 Å². The van der Waals surface area contributed by atoms with E-state index < -0.39 is 0 Å². The first-order valence-corrected chi connectivity index (χ1v) is 7.82. The van der Waals surface area contributed by atoms with Crippen molar-refractivity contribution in [3.8, 4) is 11.6 Å². The third-order valence-electron chi connectivity index (χ3n) is 3.36. The third-order valence-corrected chi connectivity index (χ3v) is 4.40. The van der Waals surface area contributed by atoms with Crippen molar-refractivity contribution in [3.05, 3.63) is 18.4 Å². The number of furan rings is 1. The number of hydrogen-bond donors (Lipinski definition) is 1. The van der Waals surface area contributed by atoms with Crippen molar-refractivity contribution in [1.82, 2.24) is 19.8 Å². The van der Waals surface area contributed by atoms with E-state index in [1.54, 1.807) is 23.3 Å². The van der Waals surface area contributed by atoms with Crippen molar-refractivity contribution in [2.45, 2.75) is 17.3 Å². The minimum absolute atomic E-state index is 0.0517. The summed E-state index contributed by atoms with van der Waals surface area (Å²) in [6.07, 6.45) is 1.54. The van der Waals surface area contributed by atoms with Crippen LogP contribution >= 0.6 is 11.8 Å². The van der Waals surface area contributed by atoms with Crippen LogP contribution in [0.25, 0.3) is 11.6 Å². The lowest BCUT2D eigenvalue weighted by atomic mass is 10.3. The molecule has 1 saturated heterocycles. The van der Waals surface area contributed by atoms with Crippen LogP contribution in [-0.4, -0.2) is 57.2 Å². The Morgan fingerprint density at radius 3 is 2.86 bits per heavy atom. The van der Waals surface area contributed by atoms with E-state index in [1.807, 2.05) is 6.92 Å². The van der Waals surface area contributed by atoms with E-state index in [2.05, 4.69) is 10.2 Å². The minimum Gasteiger partial charge on any atom is -0.461 e. The molecule has 0 bridgehead atoms. The topological polar surface area (TPSA) is 99.4 Å². The van der Waals surface area contributed by atoms with Crippen LogP contribution < -0.4 is 5.84 Å². The molecule has 0 aliphatic carbocycles. The molecule has 2 aromatic rings. The molecule has 0 spiro atoms. The Labute approximate surface area is 131 Å². The van der Waals surface area contributed by atoms with Crippen LogP contribution in [0.1, 0.15) is 6.92 Å². The average Bonchev–Trinajstić information content (AvgIpc) is 3.18. The van der Waals surface area contributed by atoms with Crippen molar-refractivity contribution in [1.29, 1.82) is 0 Å². The Kier molecular flexibility index (Phi) is 4.34. The van der Waals surface area contributed by atoms with Crippen LogP contribution in [-0.2, 0) is 9.53 Å². The number of nitrogens with two attached hydrogens (primary N) is 1. The largest absolute Gasteiger partial charge is 0.461 e. The van der Waals surface area contributed by atoms with Gasteiger partial charge in [0, 0.05) is 13.1 Å². The van der Waals surface area contributed by atoms with Gasteiger partial charge in [0.05, 0.1) is 24.7 Å². The number of nitrogens with zero attached hydrogens (tertiary/aromatic N) is 4. The summed E-state index contributed by atoms with van der Waals surface area (Å²) in [5, 5.41) is 8.22. The van der Waals surface area contributed by atoms with Gasteiger partial charge in [-0.1, -0.05) is 11.8 Å². The number of aromatic nitrogens is 3. The fraction of sp³-hybridized carbons (Fsp3) is 0.462. The Morgan fingerprint density at radius 1 is 1.41 bits per heavy atom. The van der Waals surface area contributed by atoms with E-state index in [4.69, 9.17) is 15.0 Å². The zero-order chi connectivity index (χ0) is 15.5. The molecule has 8 nitrogen and oxygen atoms in total. The lowest BCUT2D eigenvalue weighted by molar-refractivity contribution is -0.134. The second kappa shape index (κ2) is 6.41. The maximum atomic E-state index is 12.4. The molecule has 0 aromatic carbocycles. The summed E-state index contributed by atoms with van der Waals surface area (Å²) >= 11 is 1.28. The normalized spacial score (nSPS) is 16.7. The first kappa shape index (κ1) is 14.9. The number of ether oxygens (including phenoxy) is 1. The number of carbonyl (C=O) groups is 1. The van der Waals surface area contributed by atoms with Crippen molar-refractivity contribution < 1.29 is 13.9 Å². The maximum Gasteiger partial charge on any atom is 0.236 e. The van der Waals surface area contributed by atoms with Gasteiger partial charge in [-0.05, 0) is 19.1 Å². The quantitative estimate of drug-likeness (QED) is 0.649. The molecule has 118 valence electrons. The molecular formula is C13H17N5O3S. The zero-order valence-electron chi connectivity index (χ0n) is 12.1. The summed E-state index contributed by atoms with van der Waals surface area (Å²) in [4.78, 5) is 14.2.